The van der Waals surface area contributed by atoms with Crippen LogP contribution in [0.1, 0.15) is 36.5 Å². The lowest BCUT2D eigenvalue weighted by molar-refractivity contribution is 0.112. The molecule has 1 aromatic carbocycles. The minimum Gasteiger partial charge on any atom is -0.490 e. The quantitative estimate of drug-likeness (QED) is 0.551. The molecule has 0 unspecified atom stereocenters. The molecule has 0 N–H and O–H groups in total. The van der Waals surface area contributed by atoms with E-state index in [1.165, 1.54) is 6.07 Å². The number of ether oxygens (including phenoxy) is 1. The van der Waals surface area contributed by atoms with Gasteiger partial charge in [-0.25, -0.2) is 4.39 Å². The largest absolute Gasteiger partial charge is 0.490 e. The van der Waals surface area contributed by atoms with Gasteiger partial charge in [0.15, 0.2) is 11.6 Å². The zero-order valence-electron chi connectivity index (χ0n) is 9.13. The number of halogens is 2. The molecule has 0 aliphatic rings. The van der Waals surface area contributed by atoms with E-state index < -0.39 is 11.6 Å². The number of hydrogen-bond acceptors (Lipinski definition) is 2. The first-order valence-electron chi connectivity index (χ1n) is 5.26. The van der Waals surface area contributed by atoms with Gasteiger partial charge in [-0.1, -0.05) is 19.8 Å². The topological polar surface area (TPSA) is 26.3 Å². The molecular weight excluding hydrogens is 214 g/mol. The molecule has 0 saturated carbocycles. The van der Waals surface area contributed by atoms with E-state index in [1.807, 2.05) is 6.92 Å². The molecule has 0 aromatic heterocycles. The Balaban J connectivity index is 2.70. The van der Waals surface area contributed by atoms with Crippen molar-refractivity contribution in [2.45, 2.75) is 26.2 Å². The van der Waals surface area contributed by atoms with Crippen molar-refractivity contribution in [2.24, 2.45) is 0 Å². The van der Waals surface area contributed by atoms with Crippen molar-refractivity contribution in [3.8, 4) is 5.75 Å². The van der Waals surface area contributed by atoms with Gasteiger partial charge in [0, 0.05) is 5.56 Å². The molecule has 0 fully saturated rings. The van der Waals surface area contributed by atoms with Crippen LogP contribution in [0, 0.1) is 11.6 Å². The number of hydrogen-bond donors (Lipinski definition) is 0. The van der Waals surface area contributed by atoms with E-state index in [0.717, 1.165) is 25.3 Å². The Hall–Kier alpha value is -1.45. The van der Waals surface area contributed by atoms with Gasteiger partial charge in [0.25, 0.3) is 0 Å². The molecule has 88 valence electrons. The molecule has 0 amide bonds. The van der Waals surface area contributed by atoms with Gasteiger partial charge in [0.2, 0.25) is 5.82 Å². The number of rotatable bonds is 6. The maximum Gasteiger partial charge on any atom is 0.200 e. The lowest BCUT2D eigenvalue weighted by Gasteiger charge is -2.07. The SMILES string of the molecule is CCCCCOc1cc(C=O)cc(F)c1F. The van der Waals surface area contributed by atoms with Crippen LogP contribution in [0.15, 0.2) is 12.1 Å². The number of unbranched alkanes of at least 4 members (excludes halogenated alkanes) is 2. The van der Waals surface area contributed by atoms with Crippen LogP contribution in [0.25, 0.3) is 0 Å². The number of carbonyl (C=O) groups is 1. The third kappa shape index (κ3) is 3.29. The maximum absolute atomic E-state index is 13.2. The van der Waals surface area contributed by atoms with Crippen molar-refractivity contribution in [1.82, 2.24) is 0 Å². The van der Waals surface area contributed by atoms with Gasteiger partial charge in [-0.15, -0.1) is 0 Å². The van der Waals surface area contributed by atoms with Crippen molar-refractivity contribution < 1.29 is 18.3 Å². The Morgan fingerprint density at radius 3 is 2.69 bits per heavy atom. The molecule has 0 atom stereocenters. The summed E-state index contributed by atoms with van der Waals surface area (Å²) in [6.07, 6.45) is 3.23. The van der Waals surface area contributed by atoms with Crippen LogP contribution in [-0.4, -0.2) is 12.9 Å². The molecule has 1 aromatic rings. The van der Waals surface area contributed by atoms with Gasteiger partial charge in [-0.05, 0) is 18.6 Å². The Morgan fingerprint density at radius 2 is 2.06 bits per heavy atom. The first-order chi connectivity index (χ1) is 7.69. The van der Waals surface area contributed by atoms with Gasteiger partial charge in [-0.2, -0.15) is 4.39 Å². The second-order valence-corrected chi connectivity index (χ2v) is 3.49. The summed E-state index contributed by atoms with van der Waals surface area (Å²) in [5.41, 5.74) is 0.0735. The second kappa shape index (κ2) is 6.20. The van der Waals surface area contributed by atoms with Crippen molar-refractivity contribution >= 4 is 6.29 Å². The fourth-order valence-electron chi connectivity index (χ4n) is 1.29. The molecule has 2 nitrogen and oxygen atoms in total. The van der Waals surface area contributed by atoms with E-state index in [0.29, 0.717) is 12.9 Å². The monoisotopic (exact) mass is 228 g/mol. The summed E-state index contributed by atoms with van der Waals surface area (Å²) in [5, 5.41) is 0. The Morgan fingerprint density at radius 1 is 1.31 bits per heavy atom. The first-order valence-corrected chi connectivity index (χ1v) is 5.26. The zero-order valence-corrected chi connectivity index (χ0v) is 9.13. The number of aldehydes is 1. The first kappa shape index (κ1) is 12.6. The summed E-state index contributed by atoms with van der Waals surface area (Å²) >= 11 is 0. The van der Waals surface area contributed by atoms with E-state index in [9.17, 15) is 13.6 Å². The minimum atomic E-state index is -1.06. The molecule has 4 heteroatoms. The predicted octanol–water partition coefficient (Wildman–Crippen LogP) is 3.35. The predicted molar refractivity (Wildman–Crippen MR) is 56.8 cm³/mol. The van der Waals surface area contributed by atoms with Crippen LogP contribution in [0.2, 0.25) is 0 Å². The van der Waals surface area contributed by atoms with E-state index in [4.69, 9.17) is 4.74 Å². The Labute approximate surface area is 93.2 Å². The van der Waals surface area contributed by atoms with Crippen molar-refractivity contribution in [3.63, 3.8) is 0 Å². The summed E-state index contributed by atoms with van der Waals surface area (Å²) in [7, 11) is 0. The summed E-state index contributed by atoms with van der Waals surface area (Å²) in [6, 6.07) is 2.05. The highest BCUT2D eigenvalue weighted by molar-refractivity contribution is 5.75. The molecule has 0 heterocycles. The van der Waals surface area contributed by atoms with Gasteiger partial charge in [0.1, 0.15) is 6.29 Å². The molecule has 0 bridgehead atoms. The van der Waals surface area contributed by atoms with Crippen LogP contribution in [0.3, 0.4) is 0 Å². The highest BCUT2D eigenvalue weighted by atomic mass is 19.2. The summed E-state index contributed by atoms with van der Waals surface area (Å²) < 4.78 is 31.3. The lowest BCUT2D eigenvalue weighted by atomic mass is 10.2. The third-order valence-corrected chi connectivity index (χ3v) is 2.16. The molecule has 0 spiro atoms. The van der Waals surface area contributed by atoms with Gasteiger partial charge >= 0.3 is 0 Å². The molecular formula is C12H14F2O2. The van der Waals surface area contributed by atoms with Crippen LogP contribution in [-0.2, 0) is 0 Å². The normalized spacial score (nSPS) is 10.2. The molecule has 16 heavy (non-hydrogen) atoms. The van der Waals surface area contributed by atoms with E-state index >= 15 is 0 Å². The third-order valence-electron chi connectivity index (χ3n) is 2.16. The average molecular weight is 228 g/mol. The number of benzene rings is 1. The van der Waals surface area contributed by atoms with E-state index in [2.05, 4.69) is 0 Å². The smallest absolute Gasteiger partial charge is 0.200 e. The average Bonchev–Trinajstić information content (AvgIpc) is 2.29. The fourth-order valence-corrected chi connectivity index (χ4v) is 1.29. The maximum atomic E-state index is 13.2. The van der Waals surface area contributed by atoms with Crippen LogP contribution < -0.4 is 4.74 Å². The fraction of sp³-hybridized carbons (Fsp3) is 0.417. The highest BCUT2D eigenvalue weighted by Crippen LogP contribution is 2.21. The summed E-state index contributed by atoms with van der Waals surface area (Å²) in [4.78, 5) is 10.5. The summed E-state index contributed by atoms with van der Waals surface area (Å²) in [5.74, 6) is -2.30. The Kier molecular flexibility index (Phi) is 4.89. The van der Waals surface area contributed by atoms with Gasteiger partial charge < -0.3 is 4.74 Å². The zero-order chi connectivity index (χ0) is 12.0. The molecule has 0 saturated heterocycles. The molecule has 0 aliphatic heterocycles. The van der Waals surface area contributed by atoms with Crippen molar-refractivity contribution in [2.75, 3.05) is 6.61 Å². The Bertz CT molecular complexity index is 364. The lowest BCUT2D eigenvalue weighted by Crippen LogP contribution is -2.01. The van der Waals surface area contributed by atoms with Crippen LogP contribution in [0.4, 0.5) is 8.78 Å². The van der Waals surface area contributed by atoms with Crippen LogP contribution >= 0.6 is 0 Å². The standard InChI is InChI=1S/C12H14F2O2/c1-2-3-4-5-16-11-7-9(8-15)6-10(13)12(11)14/h6-8H,2-5H2,1H3. The van der Waals surface area contributed by atoms with Crippen LogP contribution in [0.5, 0.6) is 5.75 Å². The van der Waals surface area contributed by atoms with Gasteiger partial charge in [-0.3, -0.25) is 4.79 Å². The second-order valence-electron chi connectivity index (χ2n) is 3.49. The molecule has 1 rings (SSSR count). The van der Waals surface area contributed by atoms with E-state index in [-0.39, 0.29) is 11.3 Å². The highest BCUT2D eigenvalue weighted by Gasteiger charge is 2.11. The molecule has 0 radical (unpaired) electrons. The molecule has 0 aliphatic carbocycles. The van der Waals surface area contributed by atoms with E-state index in [1.54, 1.807) is 0 Å². The minimum absolute atomic E-state index is 0.0735. The van der Waals surface area contributed by atoms with Gasteiger partial charge in [0.05, 0.1) is 6.61 Å². The number of carbonyl (C=O) groups excluding carboxylic acids is 1. The van der Waals surface area contributed by atoms with Crippen molar-refractivity contribution in [3.05, 3.63) is 29.3 Å². The van der Waals surface area contributed by atoms with Crippen molar-refractivity contribution in [1.29, 1.82) is 0 Å². The summed E-state index contributed by atoms with van der Waals surface area (Å²) in [6.45, 7) is 2.36.